The van der Waals surface area contributed by atoms with Gasteiger partial charge in [-0.05, 0) is 0 Å². The number of ketones is 1. The molecule has 0 aliphatic carbocycles. The summed E-state index contributed by atoms with van der Waals surface area (Å²) < 4.78 is 17.4. The molecular formula is C16H17N3O4. The fourth-order valence-electron chi connectivity index (χ4n) is 2.38. The zero-order chi connectivity index (χ0) is 17.1. The highest BCUT2D eigenvalue weighted by Crippen LogP contribution is 2.40. The topological polar surface area (TPSA) is 99.5 Å². The number of anilines is 1. The third-order valence-corrected chi connectivity index (χ3v) is 3.43. The Morgan fingerprint density at radius 3 is 2.13 bits per heavy atom. The van der Waals surface area contributed by atoms with Crippen LogP contribution < -0.4 is 19.9 Å². The van der Waals surface area contributed by atoms with Crippen LogP contribution in [0.1, 0.15) is 23.0 Å². The Labute approximate surface area is 133 Å². The van der Waals surface area contributed by atoms with E-state index in [0.717, 1.165) is 0 Å². The highest BCUT2D eigenvalue weighted by molar-refractivity contribution is 5.99. The molecule has 23 heavy (non-hydrogen) atoms. The van der Waals surface area contributed by atoms with Crippen LogP contribution in [0.25, 0.3) is 5.69 Å². The van der Waals surface area contributed by atoms with Crippen LogP contribution in [0.4, 0.5) is 5.69 Å². The molecule has 0 aliphatic heterocycles. The van der Waals surface area contributed by atoms with E-state index in [1.807, 2.05) is 6.07 Å². The molecule has 7 heteroatoms. The number of hydrogen-bond donors (Lipinski definition) is 1. The van der Waals surface area contributed by atoms with Gasteiger partial charge in [0.1, 0.15) is 11.8 Å². The molecule has 1 aromatic carbocycles. The highest BCUT2D eigenvalue weighted by atomic mass is 16.5. The number of rotatable bonds is 5. The zero-order valence-corrected chi connectivity index (χ0v) is 13.3. The molecular weight excluding hydrogens is 298 g/mol. The molecule has 0 fully saturated rings. The van der Waals surface area contributed by atoms with Gasteiger partial charge in [0.25, 0.3) is 0 Å². The zero-order valence-electron chi connectivity index (χ0n) is 13.3. The van der Waals surface area contributed by atoms with E-state index in [0.29, 0.717) is 22.9 Å². The van der Waals surface area contributed by atoms with E-state index >= 15 is 0 Å². The van der Waals surface area contributed by atoms with Crippen LogP contribution in [0.5, 0.6) is 17.2 Å². The molecule has 7 nitrogen and oxygen atoms in total. The Bertz CT molecular complexity index is 777. The first-order valence-corrected chi connectivity index (χ1v) is 6.70. The average molecular weight is 315 g/mol. The van der Waals surface area contributed by atoms with Gasteiger partial charge in [-0.3, -0.25) is 4.79 Å². The number of hydrogen-bond acceptors (Lipinski definition) is 6. The Morgan fingerprint density at radius 2 is 1.74 bits per heavy atom. The van der Waals surface area contributed by atoms with Crippen molar-refractivity contribution in [2.45, 2.75) is 6.92 Å². The Balaban J connectivity index is 2.77. The van der Waals surface area contributed by atoms with Crippen molar-refractivity contribution >= 4 is 11.5 Å². The number of methoxy groups -OCH3 is 3. The molecule has 0 bridgehead atoms. The summed E-state index contributed by atoms with van der Waals surface area (Å²) in [4.78, 5) is 11.9. The summed E-state index contributed by atoms with van der Waals surface area (Å²) in [7, 11) is 4.50. The van der Waals surface area contributed by atoms with Crippen molar-refractivity contribution in [2.24, 2.45) is 0 Å². The molecule has 0 unspecified atom stereocenters. The molecule has 0 saturated carbocycles. The summed E-state index contributed by atoms with van der Waals surface area (Å²) in [5.41, 5.74) is 7.07. The van der Waals surface area contributed by atoms with Gasteiger partial charge in [0, 0.05) is 25.3 Å². The molecule has 2 aromatic rings. The fourth-order valence-corrected chi connectivity index (χ4v) is 2.38. The third kappa shape index (κ3) is 2.66. The van der Waals surface area contributed by atoms with Crippen LogP contribution in [0.15, 0.2) is 18.3 Å². The Kier molecular flexibility index (Phi) is 4.46. The van der Waals surface area contributed by atoms with Gasteiger partial charge in [-0.2, -0.15) is 5.26 Å². The lowest BCUT2D eigenvalue weighted by atomic mass is 10.2. The number of nitrogen functional groups attached to an aromatic ring is 1. The Morgan fingerprint density at radius 1 is 1.17 bits per heavy atom. The van der Waals surface area contributed by atoms with Crippen molar-refractivity contribution in [3.05, 3.63) is 29.6 Å². The highest BCUT2D eigenvalue weighted by Gasteiger charge is 2.21. The number of carbonyl (C=O) groups is 1. The van der Waals surface area contributed by atoms with Crippen molar-refractivity contribution in [1.82, 2.24) is 4.57 Å². The number of nitriles is 1. The fraction of sp³-hybridized carbons (Fsp3) is 0.250. The number of aromatic nitrogens is 1. The summed E-state index contributed by atoms with van der Waals surface area (Å²) in [5.74, 6) is 1.05. The van der Waals surface area contributed by atoms with Crippen LogP contribution in [-0.4, -0.2) is 31.7 Å². The van der Waals surface area contributed by atoms with Gasteiger partial charge in [0.05, 0.1) is 38.3 Å². The lowest BCUT2D eigenvalue weighted by Gasteiger charge is -2.15. The van der Waals surface area contributed by atoms with E-state index in [-0.39, 0.29) is 22.7 Å². The van der Waals surface area contributed by atoms with Gasteiger partial charge in [-0.15, -0.1) is 0 Å². The second kappa shape index (κ2) is 6.32. The maximum Gasteiger partial charge on any atom is 0.203 e. The number of Topliss-reactive ketones (excluding diaryl/α,β-unsaturated/α-hetero) is 1. The predicted octanol–water partition coefficient (Wildman–Crippen LogP) is 2.16. The normalized spacial score (nSPS) is 10.0. The summed E-state index contributed by atoms with van der Waals surface area (Å²) in [5, 5.41) is 9.14. The molecule has 0 radical (unpaired) electrons. The lowest BCUT2D eigenvalue weighted by Crippen LogP contribution is -2.07. The van der Waals surface area contributed by atoms with Gasteiger partial charge in [0.2, 0.25) is 5.75 Å². The average Bonchev–Trinajstić information content (AvgIpc) is 2.89. The Hall–Kier alpha value is -3.14. The molecule has 0 saturated heterocycles. The molecule has 120 valence electrons. The monoisotopic (exact) mass is 315 g/mol. The molecule has 1 heterocycles. The maximum absolute atomic E-state index is 11.9. The molecule has 2 N–H and O–H groups in total. The maximum atomic E-state index is 11.9. The summed E-state index contributed by atoms with van der Waals surface area (Å²) in [6, 6.07) is 5.33. The van der Waals surface area contributed by atoms with Crippen LogP contribution >= 0.6 is 0 Å². The summed E-state index contributed by atoms with van der Waals surface area (Å²) in [6.45, 7) is 1.39. The van der Waals surface area contributed by atoms with Crippen molar-refractivity contribution < 1.29 is 19.0 Å². The predicted molar refractivity (Wildman–Crippen MR) is 84.6 cm³/mol. The molecule has 0 aliphatic rings. The smallest absolute Gasteiger partial charge is 0.203 e. The van der Waals surface area contributed by atoms with Crippen molar-refractivity contribution in [3.63, 3.8) is 0 Å². The van der Waals surface area contributed by atoms with E-state index in [2.05, 4.69) is 0 Å². The molecule has 0 atom stereocenters. The minimum atomic E-state index is -0.252. The van der Waals surface area contributed by atoms with E-state index in [1.165, 1.54) is 34.4 Å². The van der Waals surface area contributed by atoms with Gasteiger partial charge < -0.3 is 24.5 Å². The van der Waals surface area contributed by atoms with E-state index in [4.69, 9.17) is 25.2 Å². The minimum absolute atomic E-state index is 0.147. The standard InChI is InChI=1S/C16H17N3O4/c1-9(20)15-14(18)10(7-17)8-19(15)11-5-12(21-2)16(23-4)13(6-11)22-3/h5-6,8H,18H2,1-4H3. The summed E-state index contributed by atoms with van der Waals surface area (Å²) in [6.07, 6.45) is 1.51. The number of benzene rings is 1. The van der Waals surface area contributed by atoms with E-state index in [1.54, 1.807) is 16.7 Å². The van der Waals surface area contributed by atoms with E-state index < -0.39 is 0 Å². The first-order valence-electron chi connectivity index (χ1n) is 6.70. The minimum Gasteiger partial charge on any atom is -0.493 e. The van der Waals surface area contributed by atoms with Crippen LogP contribution in [0.2, 0.25) is 0 Å². The number of nitrogens with two attached hydrogens (primary N) is 1. The van der Waals surface area contributed by atoms with E-state index in [9.17, 15) is 4.79 Å². The first-order chi connectivity index (χ1) is 11.0. The van der Waals surface area contributed by atoms with Crippen molar-refractivity contribution in [3.8, 4) is 29.0 Å². The number of carbonyl (C=O) groups excluding carboxylic acids is 1. The van der Waals surface area contributed by atoms with Crippen LogP contribution in [0, 0.1) is 11.3 Å². The van der Waals surface area contributed by atoms with Gasteiger partial charge in [-0.1, -0.05) is 0 Å². The summed E-state index contributed by atoms with van der Waals surface area (Å²) >= 11 is 0. The lowest BCUT2D eigenvalue weighted by molar-refractivity contribution is 0.101. The largest absolute Gasteiger partial charge is 0.493 e. The first kappa shape index (κ1) is 16.2. The second-order valence-corrected chi connectivity index (χ2v) is 4.73. The number of ether oxygens (including phenoxy) is 3. The van der Waals surface area contributed by atoms with Crippen LogP contribution in [-0.2, 0) is 0 Å². The van der Waals surface area contributed by atoms with Gasteiger partial charge in [0.15, 0.2) is 17.3 Å². The number of nitrogens with zero attached hydrogens (tertiary/aromatic N) is 2. The SMILES string of the molecule is COc1cc(-n2cc(C#N)c(N)c2C(C)=O)cc(OC)c1OC. The van der Waals surface area contributed by atoms with Crippen LogP contribution in [0.3, 0.4) is 0 Å². The third-order valence-electron chi connectivity index (χ3n) is 3.43. The van der Waals surface area contributed by atoms with Crippen molar-refractivity contribution in [2.75, 3.05) is 27.1 Å². The molecule has 2 rings (SSSR count). The molecule has 0 amide bonds. The van der Waals surface area contributed by atoms with Gasteiger partial charge in [-0.25, -0.2) is 0 Å². The van der Waals surface area contributed by atoms with Gasteiger partial charge >= 0.3 is 0 Å². The molecule has 1 aromatic heterocycles. The second-order valence-electron chi connectivity index (χ2n) is 4.73. The quantitative estimate of drug-likeness (QED) is 0.849. The molecule has 0 spiro atoms. The van der Waals surface area contributed by atoms with Crippen molar-refractivity contribution in [1.29, 1.82) is 5.26 Å².